The van der Waals surface area contributed by atoms with Crippen LogP contribution in [0, 0.1) is 0 Å². The molecule has 0 amide bonds. The molecule has 1 N–H and O–H groups in total. The monoisotopic (exact) mass is 420 g/mol. The van der Waals surface area contributed by atoms with Crippen LogP contribution in [-0.4, -0.2) is 30.8 Å². The van der Waals surface area contributed by atoms with E-state index in [2.05, 4.69) is 16.6 Å². The van der Waals surface area contributed by atoms with E-state index >= 15 is 0 Å². The van der Waals surface area contributed by atoms with Gasteiger partial charge in [0.25, 0.3) is 0 Å². The lowest BCUT2D eigenvalue weighted by molar-refractivity contribution is -0.231. The van der Waals surface area contributed by atoms with Crippen LogP contribution in [0.4, 0.5) is 20.2 Å². The van der Waals surface area contributed by atoms with Gasteiger partial charge < -0.3 is 15.0 Å². The minimum atomic E-state index is -3.34. The first-order valence-electron chi connectivity index (χ1n) is 8.64. The quantitative estimate of drug-likeness (QED) is 0.585. The molecule has 0 fully saturated rings. The lowest BCUT2D eigenvalue weighted by Crippen LogP contribution is -2.22. The van der Waals surface area contributed by atoms with E-state index in [1.165, 1.54) is 19.1 Å². The Labute approximate surface area is 172 Å². The van der Waals surface area contributed by atoms with Gasteiger partial charge in [0.2, 0.25) is 0 Å². The Kier molecular flexibility index (Phi) is 7.53. The first-order chi connectivity index (χ1) is 13.6. The zero-order valence-corrected chi connectivity index (χ0v) is 17.2. The normalized spacial score (nSPS) is 11.1. The molecule has 0 aliphatic carbocycles. The van der Waals surface area contributed by atoms with Gasteiger partial charge in [-0.05, 0) is 48.5 Å². The molecule has 0 spiro atoms. The number of carbonyl (C=O) groups excluding carboxylic acids is 2. The van der Waals surface area contributed by atoms with Gasteiger partial charge in [-0.3, -0.25) is 9.59 Å². The first-order valence-corrected chi connectivity index (χ1v) is 9.62. The van der Waals surface area contributed by atoms with Gasteiger partial charge in [-0.25, -0.2) is 0 Å². The van der Waals surface area contributed by atoms with Crippen molar-refractivity contribution in [2.24, 2.45) is 0 Å². The largest absolute Gasteiger partial charge is 0.383 e. The summed E-state index contributed by atoms with van der Waals surface area (Å²) in [6.07, 6.45) is -3.34. The number of halogens is 2. The maximum Gasteiger partial charge on any atom is 0.383 e. The van der Waals surface area contributed by atoms with Crippen LogP contribution in [0.1, 0.15) is 22.8 Å². The van der Waals surface area contributed by atoms with Gasteiger partial charge in [0.15, 0.2) is 10.9 Å². The zero-order valence-electron chi connectivity index (χ0n) is 16.4. The molecule has 0 aliphatic heterocycles. The van der Waals surface area contributed by atoms with E-state index in [4.69, 9.17) is 0 Å². The van der Waals surface area contributed by atoms with E-state index in [0.717, 1.165) is 18.9 Å². The second-order valence-corrected chi connectivity index (χ2v) is 7.33. The predicted molar refractivity (Wildman–Crippen MR) is 112 cm³/mol. The van der Waals surface area contributed by atoms with Crippen LogP contribution in [0.5, 0.6) is 0 Å². The molecular weight excluding hydrogens is 398 g/mol. The van der Waals surface area contributed by atoms with Crippen LogP contribution in [0.3, 0.4) is 0 Å². The Balaban J connectivity index is 2.00. The number of methoxy groups -OCH3 is 1. The third-order valence-electron chi connectivity index (χ3n) is 4.15. The third kappa shape index (κ3) is 6.13. The summed E-state index contributed by atoms with van der Waals surface area (Å²) in [4.78, 5) is 24.7. The second kappa shape index (κ2) is 9.67. The number of rotatable bonds is 9. The molecule has 8 heteroatoms. The number of hydrogen-bond donors (Lipinski definition) is 1. The summed E-state index contributed by atoms with van der Waals surface area (Å²) in [5.74, 6) is 0.499. The smallest absolute Gasteiger partial charge is 0.342 e. The molecular formula is C21H22F2N2O3S. The zero-order chi connectivity index (χ0) is 21.6. The number of hydrogen-bond acceptors (Lipinski definition) is 6. The Morgan fingerprint density at radius 1 is 1.14 bits per heavy atom. The van der Waals surface area contributed by atoms with E-state index in [1.807, 2.05) is 0 Å². The Hall–Kier alpha value is -2.71. The summed E-state index contributed by atoms with van der Waals surface area (Å²) in [5, 5.41) is 3.00. The summed E-state index contributed by atoms with van der Waals surface area (Å²) in [7, 11) is 2.70. The Bertz CT molecular complexity index is 884. The SMILES string of the molecule is C=C(Nc1ccc(C(=O)CSC(C)=O)cc1)N(C)c1ccc(C(F)(F)OC)cc1. The highest BCUT2D eigenvalue weighted by molar-refractivity contribution is 8.14. The minimum absolute atomic E-state index is 0.102. The maximum absolute atomic E-state index is 13.5. The molecule has 0 aliphatic rings. The van der Waals surface area contributed by atoms with Gasteiger partial charge in [0.05, 0.1) is 11.3 Å². The molecule has 0 bridgehead atoms. The van der Waals surface area contributed by atoms with Crippen LogP contribution in [-0.2, 0) is 15.6 Å². The average Bonchev–Trinajstić information content (AvgIpc) is 2.72. The van der Waals surface area contributed by atoms with E-state index in [0.29, 0.717) is 22.8 Å². The van der Waals surface area contributed by atoms with Gasteiger partial charge in [0.1, 0.15) is 5.82 Å². The molecule has 0 heterocycles. The summed E-state index contributed by atoms with van der Waals surface area (Å²) in [6, 6.07) is 12.5. The minimum Gasteiger partial charge on any atom is -0.342 e. The Morgan fingerprint density at radius 3 is 2.24 bits per heavy atom. The van der Waals surface area contributed by atoms with Crippen molar-refractivity contribution in [2.75, 3.05) is 30.1 Å². The number of carbonyl (C=O) groups is 2. The third-order valence-corrected chi connectivity index (χ3v) is 4.97. The van der Waals surface area contributed by atoms with Crippen molar-refractivity contribution in [3.63, 3.8) is 0 Å². The standard InChI is InChI=1S/C21H22F2N2O3S/c1-14(25(3)19-11-7-17(8-12-19)21(22,23)28-4)24-18-9-5-16(6-10-18)20(27)13-29-15(2)26/h5-12,24H,1,13H2,2-4H3. The van der Waals surface area contributed by atoms with Gasteiger partial charge in [-0.2, -0.15) is 8.78 Å². The highest BCUT2D eigenvalue weighted by Gasteiger charge is 2.30. The molecule has 0 radical (unpaired) electrons. The topological polar surface area (TPSA) is 58.6 Å². The van der Waals surface area contributed by atoms with E-state index in [-0.39, 0.29) is 22.2 Å². The number of anilines is 2. The van der Waals surface area contributed by atoms with Crippen LogP contribution in [0.2, 0.25) is 0 Å². The molecule has 0 unspecified atom stereocenters. The van der Waals surface area contributed by atoms with Crippen molar-refractivity contribution >= 4 is 34.0 Å². The van der Waals surface area contributed by atoms with E-state index in [1.54, 1.807) is 48.3 Å². The molecule has 0 saturated heterocycles. The summed E-state index contributed by atoms with van der Waals surface area (Å²) >= 11 is 0.975. The molecule has 0 aromatic heterocycles. The van der Waals surface area contributed by atoms with Gasteiger partial charge in [-0.1, -0.05) is 18.3 Å². The van der Waals surface area contributed by atoms with Crippen molar-refractivity contribution < 1.29 is 23.1 Å². The fourth-order valence-electron chi connectivity index (χ4n) is 2.39. The fraction of sp³-hybridized carbons (Fsp3) is 0.238. The molecule has 2 aromatic rings. The molecule has 0 atom stereocenters. The number of alkyl halides is 2. The molecule has 0 saturated carbocycles. The summed E-state index contributed by atoms with van der Waals surface area (Å²) < 4.78 is 31.3. The van der Waals surface area contributed by atoms with Crippen molar-refractivity contribution in [1.29, 1.82) is 0 Å². The summed E-state index contributed by atoms with van der Waals surface area (Å²) in [5.41, 5.74) is 1.64. The number of nitrogens with one attached hydrogen (secondary N) is 1. The van der Waals surface area contributed by atoms with Gasteiger partial charge in [-0.15, -0.1) is 0 Å². The number of ether oxygens (including phenoxy) is 1. The van der Waals surface area contributed by atoms with Crippen molar-refractivity contribution in [3.05, 3.63) is 72.1 Å². The number of benzene rings is 2. The lowest BCUT2D eigenvalue weighted by atomic mass is 10.1. The molecule has 29 heavy (non-hydrogen) atoms. The van der Waals surface area contributed by atoms with Gasteiger partial charge in [0, 0.05) is 38.0 Å². The highest BCUT2D eigenvalue weighted by atomic mass is 32.2. The lowest BCUT2D eigenvalue weighted by Gasteiger charge is -2.24. The maximum atomic E-state index is 13.5. The summed E-state index contributed by atoms with van der Waals surface area (Å²) in [6.45, 7) is 5.37. The Morgan fingerprint density at radius 2 is 1.72 bits per heavy atom. The molecule has 5 nitrogen and oxygen atoms in total. The van der Waals surface area contributed by atoms with Crippen LogP contribution in [0.15, 0.2) is 60.9 Å². The van der Waals surface area contributed by atoms with Crippen molar-refractivity contribution in [2.45, 2.75) is 13.0 Å². The first kappa shape index (κ1) is 22.6. The van der Waals surface area contributed by atoms with Crippen LogP contribution in [0.25, 0.3) is 0 Å². The van der Waals surface area contributed by atoms with Crippen molar-refractivity contribution in [1.82, 2.24) is 0 Å². The van der Waals surface area contributed by atoms with E-state index < -0.39 is 6.11 Å². The number of thioether (sulfide) groups is 1. The number of nitrogens with zero attached hydrogens (tertiary/aromatic N) is 1. The van der Waals surface area contributed by atoms with Gasteiger partial charge >= 0.3 is 6.11 Å². The van der Waals surface area contributed by atoms with E-state index in [9.17, 15) is 18.4 Å². The molecule has 2 aromatic carbocycles. The van der Waals surface area contributed by atoms with Crippen LogP contribution >= 0.6 is 11.8 Å². The average molecular weight is 420 g/mol. The van der Waals surface area contributed by atoms with Crippen LogP contribution < -0.4 is 10.2 Å². The van der Waals surface area contributed by atoms with Crippen molar-refractivity contribution in [3.8, 4) is 0 Å². The highest BCUT2D eigenvalue weighted by Crippen LogP contribution is 2.30. The number of ketones is 1. The predicted octanol–water partition coefficient (Wildman–Crippen LogP) is 4.86. The second-order valence-electron chi connectivity index (χ2n) is 6.18. The number of Topliss-reactive ketones (excluding diaryl/α,β-unsaturated/α-hetero) is 1. The molecule has 154 valence electrons. The fourth-order valence-corrected chi connectivity index (χ4v) is 2.89. The molecule has 2 rings (SSSR count).